The van der Waals surface area contributed by atoms with Gasteiger partial charge in [-0.15, -0.1) is 11.3 Å². The van der Waals surface area contributed by atoms with Crippen LogP contribution in [0.4, 0.5) is 0 Å². The average Bonchev–Trinajstić information content (AvgIpc) is 2.86. The van der Waals surface area contributed by atoms with E-state index in [0.29, 0.717) is 17.0 Å². The zero-order chi connectivity index (χ0) is 11.7. The van der Waals surface area contributed by atoms with Gasteiger partial charge in [0.2, 0.25) is 0 Å². The van der Waals surface area contributed by atoms with Crippen molar-refractivity contribution >= 4 is 17.3 Å². The number of hydrogen-bond donors (Lipinski definition) is 1. The molecule has 1 atom stereocenters. The van der Waals surface area contributed by atoms with E-state index in [1.807, 2.05) is 6.07 Å². The Hall–Kier alpha value is -0.870. The fourth-order valence-electron chi connectivity index (χ4n) is 2.36. The van der Waals surface area contributed by atoms with E-state index in [-0.39, 0.29) is 0 Å². The van der Waals surface area contributed by atoms with Gasteiger partial charge in [0, 0.05) is 17.0 Å². The fourth-order valence-corrected chi connectivity index (χ4v) is 3.36. The monoisotopic (exact) mass is 239 g/mol. The highest BCUT2D eigenvalue weighted by molar-refractivity contribution is 7.14. The van der Waals surface area contributed by atoms with E-state index in [2.05, 4.69) is 18.7 Å². The lowest BCUT2D eigenvalue weighted by Crippen LogP contribution is -2.29. The highest BCUT2D eigenvalue weighted by Gasteiger charge is 2.29. The Bertz CT molecular complexity index is 386. The molecule has 4 heteroatoms. The standard InChI is InChI=1S/C12H17NO2S/c1-8(2)13-7-3-4-9(13)10-5-6-11(16-10)12(14)15/h5-6,8-9H,3-4,7H2,1-2H3,(H,14,15). The van der Waals surface area contributed by atoms with Crippen LogP contribution in [0.1, 0.15) is 47.3 Å². The third-order valence-electron chi connectivity index (χ3n) is 3.12. The van der Waals surface area contributed by atoms with Crippen LogP contribution in [0.25, 0.3) is 0 Å². The smallest absolute Gasteiger partial charge is 0.345 e. The zero-order valence-electron chi connectivity index (χ0n) is 9.64. The molecule has 1 fully saturated rings. The Morgan fingerprint density at radius 2 is 2.31 bits per heavy atom. The summed E-state index contributed by atoms with van der Waals surface area (Å²) < 4.78 is 0. The molecule has 1 aromatic rings. The predicted octanol–water partition coefficient (Wildman–Crippen LogP) is 2.99. The summed E-state index contributed by atoms with van der Waals surface area (Å²) in [5, 5.41) is 8.91. The number of hydrogen-bond acceptors (Lipinski definition) is 3. The average molecular weight is 239 g/mol. The van der Waals surface area contributed by atoms with Gasteiger partial charge in [-0.05, 0) is 45.4 Å². The molecule has 1 N–H and O–H groups in total. The van der Waals surface area contributed by atoms with E-state index in [0.717, 1.165) is 13.0 Å². The van der Waals surface area contributed by atoms with E-state index in [9.17, 15) is 4.79 Å². The van der Waals surface area contributed by atoms with Crippen molar-refractivity contribution < 1.29 is 9.90 Å². The maximum Gasteiger partial charge on any atom is 0.345 e. The summed E-state index contributed by atoms with van der Waals surface area (Å²) in [5.74, 6) is -0.814. The first-order valence-electron chi connectivity index (χ1n) is 5.68. The number of aromatic carboxylic acids is 1. The van der Waals surface area contributed by atoms with Gasteiger partial charge >= 0.3 is 5.97 Å². The Labute approximate surface area is 99.7 Å². The number of likely N-dealkylation sites (tertiary alicyclic amines) is 1. The number of thiophene rings is 1. The van der Waals surface area contributed by atoms with Gasteiger partial charge in [-0.3, -0.25) is 4.90 Å². The van der Waals surface area contributed by atoms with Crippen molar-refractivity contribution in [3.8, 4) is 0 Å². The first-order valence-corrected chi connectivity index (χ1v) is 6.50. The molecule has 1 aromatic heterocycles. The molecule has 1 saturated heterocycles. The summed E-state index contributed by atoms with van der Waals surface area (Å²) in [6, 6.07) is 4.65. The van der Waals surface area contributed by atoms with Crippen molar-refractivity contribution in [2.24, 2.45) is 0 Å². The number of nitrogens with zero attached hydrogens (tertiary/aromatic N) is 1. The van der Waals surface area contributed by atoms with Crippen LogP contribution in [-0.2, 0) is 0 Å². The van der Waals surface area contributed by atoms with E-state index < -0.39 is 5.97 Å². The largest absolute Gasteiger partial charge is 0.477 e. The van der Waals surface area contributed by atoms with Gasteiger partial charge in [-0.25, -0.2) is 4.79 Å². The lowest BCUT2D eigenvalue weighted by atomic mass is 10.1. The number of rotatable bonds is 3. The minimum Gasteiger partial charge on any atom is -0.477 e. The van der Waals surface area contributed by atoms with Crippen molar-refractivity contribution in [3.63, 3.8) is 0 Å². The van der Waals surface area contributed by atoms with Crippen LogP contribution in [-0.4, -0.2) is 28.6 Å². The van der Waals surface area contributed by atoms with Crippen LogP contribution in [0.2, 0.25) is 0 Å². The minimum absolute atomic E-state index is 0.429. The second-order valence-electron chi connectivity index (χ2n) is 4.50. The summed E-state index contributed by atoms with van der Waals surface area (Å²) in [7, 11) is 0. The highest BCUT2D eigenvalue weighted by Crippen LogP contribution is 2.36. The molecular weight excluding hydrogens is 222 g/mol. The van der Waals surface area contributed by atoms with Gasteiger partial charge in [-0.2, -0.15) is 0 Å². The van der Waals surface area contributed by atoms with E-state index in [4.69, 9.17) is 5.11 Å². The van der Waals surface area contributed by atoms with Gasteiger partial charge in [-0.1, -0.05) is 0 Å². The zero-order valence-corrected chi connectivity index (χ0v) is 10.5. The van der Waals surface area contributed by atoms with Crippen molar-refractivity contribution in [1.29, 1.82) is 0 Å². The SMILES string of the molecule is CC(C)N1CCCC1c1ccc(C(=O)O)s1. The van der Waals surface area contributed by atoms with Crippen LogP contribution in [0.15, 0.2) is 12.1 Å². The Morgan fingerprint density at radius 1 is 1.56 bits per heavy atom. The molecular formula is C12H17NO2S. The van der Waals surface area contributed by atoms with Gasteiger partial charge in [0.15, 0.2) is 0 Å². The summed E-state index contributed by atoms with van der Waals surface area (Å²) in [6.07, 6.45) is 2.36. The maximum atomic E-state index is 10.8. The maximum absolute atomic E-state index is 10.8. The molecule has 0 bridgehead atoms. The van der Waals surface area contributed by atoms with Gasteiger partial charge < -0.3 is 5.11 Å². The summed E-state index contributed by atoms with van der Waals surface area (Å²) >= 11 is 1.42. The first-order chi connectivity index (χ1) is 7.59. The van der Waals surface area contributed by atoms with E-state index >= 15 is 0 Å². The Balaban J connectivity index is 2.19. The second-order valence-corrected chi connectivity index (χ2v) is 5.61. The minimum atomic E-state index is -0.814. The molecule has 2 rings (SSSR count). The molecule has 0 amide bonds. The van der Waals surface area contributed by atoms with Crippen molar-refractivity contribution in [1.82, 2.24) is 4.90 Å². The molecule has 16 heavy (non-hydrogen) atoms. The molecule has 0 aliphatic carbocycles. The van der Waals surface area contributed by atoms with Crippen LogP contribution < -0.4 is 0 Å². The molecule has 88 valence electrons. The first kappa shape index (κ1) is 11.6. The molecule has 1 aliphatic heterocycles. The molecule has 0 saturated carbocycles. The molecule has 0 aromatic carbocycles. The third-order valence-corrected chi connectivity index (χ3v) is 4.30. The number of carboxylic acids is 1. The normalized spacial score (nSPS) is 21.8. The van der Waals surface area contributed by atoms with Crippen LogP contribution >= 0.6 is 11.3 Å². The van der Waals surface area contributed by atoms with Gasteiger partial charge in [0.25, 0.3) is 0 Å². The van der Waals surface area contributed by atoms with Crippen molar-refractivity contribution in [2.75, 3.05) is 6.54 Å². The molecule has 3 nitrogen and oxygen atoms in total. The lowest BCUT2D eigenvalue weighted by molar-refractivity contribution is 0.0702. The van der Waals surface area contributed by atoms with E-state index in [1.54, 1.807) is 6.07 Å². The summed E-state index contributed by atoms with van der Waals surface area (Å²) in [4.78, 5) is 14.9. The van der Waals surface area contributed by atoms with Crippen LogP contribution in [0, 0.1) is 0 Å². The van der Waals surface area contributed by atoms with E-state index in [1.165, 1.54) is 22.6 Å². The summed E-state index contributed by atoms with van der Waals surface area (Å²) in [6.45, 7) is 5.52. The summed E-state index contributed by atoms with van der Waals surface area (Å²) in [5.41, 5.74) is 0. The van der Waals surface area contributed by atoms with Gasteiger partial charge in [0.05, 0.1) is 0 Å². The van der Waals surface area contributed by atoms with Gasteiger partial charge in [0.1, 0.15) is 4.88 Å². The number of carbonyl (C=O) groups is 1. The quantitative estimate of drug-likeness (QED) is 0.881. The lowest BCUT2D eigenvalue weighted by Gasteiger charge is -2.27. The second kappa shape index (κ2) is 4.55. The Kier molecular flexibility index (Phi) is 3.30. The Morgan fingerprint density at radius 3 is 2.88 bits per heavy atom. The topological polar surface area (TPSA) is 40.5 Å². The van der Waals surface area contributed by atoms with Crippen molar-refractivity contribution in [2.45, 2.75) is 38.8 Å². The predicted molar refractivity (Wildman–Crippen MR) is 65.1 cm³/mol. The molecule has 2 heterocycles. The molecule has 1 aliphatic rings. The van der Waals surface area contributed by atoms with Crippen molar-refractivity contribution in [3.05, 3.63) is 21.9 Å². The molecule has 0 spiro atoms. The number of carboxylic acid groups (broad SMARTS) is 1. The molecule has 1 unspecified atom stereocenters. The third kappa shape index (κ3) is 2.13. The van der Waals surface area contributed by atoms with Crippen LogP contribution in [0.5, 0.6) is 0 Å². The van der Waals surface area contributed by atoms with Crippen LogP contribution in [0.3, 0.4) is 0 Å². The highest BCUT2D eigenvalue weighted by atomic mass is 32.1. The molecule has 0 radical (unpaired) electrons. The fraction of sp³-hybridized carbons (Fsp3) is 0.583.